The smallest absolute Gasteiger partial charge is 0.0487 e. The summed E-state index contributed by atoms with van der Waals surface area (Å²) in [6.45, 7) is 2.02. The maximum atomic E-state index is 6.18. The molecule has 0 saturated heterocycles. The van der Waals surface area contributed by atoms with Crippen molar-refractivity contribution in [1.29, 1.82) is 0 Å². The van der Waals surface area contributed by atoms with Crippen molar-refractivity contribution in [3.8, 4) is 11.1 Å². The molecule has 0 heterocycles. The van der Waals surface area contributed by atoms with Crippen LogP contribution >= 0.6 is 11.6 Å². The molecule has 2 aromatic rings. The Labute approximate surface area is 94.5 Å². The van der Waals surface area contributed by atoms with Gasteiger partial charge in [0.25, 0.3) is 0 Å². The van der Waals surface area contributed by atoms with Crippen LogP contribution < -0.4 is 5.73 Å². The average molecular weight is 218 g/mol. The lowest BCUT2D eigenvalue weighted by molar-refractivity contribution is 1.47. The maximum Gasteiger partial charge on any atom is 0.0487 e. The molecule has 0 spiro atoms. The summed E-state index contributed by atoms with van der Waals surface area (Å²) in [4.78, 5) is 0. The second-order valence-corrected chi connectivity index (χ2v) is 4.02. The highest BCUT2D eigenvalue weighted by molar-refractivity contribution is 6.33. The minimum atomic E-state index is 0.754. The Kier molecular flexibility index (Phi) is 2.65. The summed E-state index contributed by atoms with van der Waals surface area (Å²) in [7, 11) is 0. The van der Waals surface area contributed by atoms with Crippen LogP contribution in [0.15, 0.2) is 42.5 Å². The van der Waals surface area contributed by atoms with Gasteiger partial charge in [0.2, 0.25) is 0 Å². The molecule has 0 amide bonds. The Morgan fingerprint density at radius 3 is 2.53 bits per heavy atom. The fourth-order valence-corrected chi connectivity index (χ4v) is 1.90. The predicted molar refractivity (Wildman–Crippen MR) is 66.0 cm³/mol. The topological polar surface area (TPSA) is 26.0 Å². The first-order chi connectivity index (χ1) is 7.16. The lowest BCUT2D eigenvalue weighted by Crippen LogP contribution is -1.86. The monoisotopic (exact) mass is 217 g/mol. The average Bonchev–Trinajstić information content (AvgIpc) is 2.17. The van der Waals surface area contributed by atoms with Crippen LogP contribution in [0.4, 0.5) is 5.69 Å². The molecule has 0 aliphatic rings. The SMILES string of the molecule is Cc1ccc(-c2cccc(N)c2)c(Cl)c1. The summed E-state index contributed by atoms with van der Waals surface area (Å²) in [6, 6.07) is 13.8. The number of halogens is 1. The Bertz CT molecular complexity index is 492. The summed E-state index contributed by atoms with van der Waals surface area (Å²) in [5, 5.41) is 0.764. The molecule has 2 rings (SSSR count). The number of anilines is 1. The highest BCUT2D eigenvalue weighted by Crippen LogP contribution is 2.29. The summed E-state index contributed by atoms with van der Waals surface area (Å²) in [5.74, 6) is 0. The van der Waals surface area contributed by atoms with Crippen LogP contribution in [0.5, 0.6) is 0 Å². The van der Waals surface area contributed by atoms with Gasteiger partial charge in [-0.05, 0) is 36.2 Å². The van der Waals surface area contributed by atoms with E-state index in [1.54, 1.807) is 0 Å². The molecule has 1 nitrogen and oxygen atoms in total. The first kappa shape index (κ1) is 10.1. The molecule has 76 valence electrons. The fourth-order valence-electron chi connectivity index (χ4n) is 1.56. The zero-order valence-electron chi connectivity index (χ0n) is 8.50. The van der Waals surface area contributed by atoms with Crippen molar-refractivity contribution in [2.75, 3.05) is 5.73 Å². The van der Waals surface area contributed by atoms with E-state index in [0.29, 0.717) is 0 Å². The van der Waals surface area contributed by atoms with E-state index < -0.39 is 0 Å². The first-order valence-electron chi connectivity index (χ1n) is 4.79. The van der Waals surface area contributed by atoms with E-state index in [1.165, 1.54) is 0 Å². The second-order valence-electron chi connectivity index (χ2n) is 3.61. The molecule has 0 aromatic heterocycles. The van der Waals surface area contributed by atoms with Crippen LogP contribution in [0.2, 0.25) is 5.02 Å². The van der Waals surface area contributed by atoms with Crippen molar-refractivity contribution in [1.82, 2.24) is 0 Å². The van der Waals surface area contributed by atoms with Gasteiger partial charge in [0.05, 0.1) is 0 Å². The van der Waals surface area contributed by atoms with Crippen LogP contribution in [0.1, 0.15) is 5.56 Å². The Morgan fingerprint density at radius 1 is 1.07 bits per heavy atom. The van der Waals surface area contributed by atoms with Crippen LogP contribution in [-0.4, -0.2) is 0 Å². The third-order valence-corrected chi connectivity index (χ3v) is 2.63. The van der Waals surface area contributed by atoms with E-state index in [4.69, 9.17) is 17.3 Å². The largest absolute Gasteiger partial charge is 0.399 e. The molecule has 15 heavy (non-hydrogen) atoms. The van der Waals surface area contributed by atoms with Gasteiger partial charge in [-0.1, -0.05) is 35.9 Å². The van der Waals surface area contributed by atoms with E-state index in [1.807, 2.05) is 49.4 Å². The van der Waals surface area contributed by atoms with E-state index in [-0.39, 0.29) is 0 Å². The molecular formula is C13H12ClN. The quantitative estimate of drug-likeness (QED) is 0.721. The first-order valence-corrected chi connectivity index (χ1v) is 5.17. The number of rotatable bonds is 1. The van der Waals surface area contributed by atoms with Gasteiger partial charge in [-0.15, -0.1) is 0 Å². The van der Waals surface area contributed by atoms with Crippen molar-refractivity contribution >= 4 is 17.3 Å². The minimum absolute atomic E-state index is 0.754. The van der Waals surface area contributed by atoms with Gasteiger partial charge in [-0.3, -0.25) is 0 Å². The number of nitrogen functional groups attached to an aromatic ring is 1. The lowest BCUT2D eigenvalue weighted by atomic mass is 10.0. The van der Waals surface area contributed by atoms with E-state index in [9.17, 15) is 0 Å². The van der Waals surface area contributed by atoms with Crippen molar-refractivity contribution in [2.45, 2.75) is 6.92 Å². The second kappa shape index (κ2) is 3.95. The van der Waals surface area contributed by atoms with E-state index >= 15 is 0 Å². The van der Waals surface area contributed by atoms with Gasteiger partial charge in [0.15, 0.2) is 0 Å². The fraction of sp³-hybridized carbons (Fsp3) is 0.0769. The normalized spacial score (nSPS) is 10.3. The Morgan fingerprint density at radius 2 is 1.87 bits per heavy atom. The summed E-state index contributed by atoms with van der Waals surface area (Å²) < 4.78 is 0. The molecule has 0 bridgehead atoms. The minimum Gasteiger partial charge on any atom is -0.399 e. The van der Waals surface area contributed by atoms with Crippen LogP contribution in [0.3, 0.4) is 0 Å². The summed E-state index contributed by atoms with van der Waals surface area (Å²) in [5.41, 5.74) is 9.72. The number of hydrogen-bond donors (Lipinski definition) is 1. The van der Waals surface area contributed by atoms with Crippen molar-refractivity contribution in [3.63, 3.8) is 0 Å². The number of nitrogens with two attached hydrogens (primary N) is 1. The van der Waals surface area contributed by atoms with Gasteiger partial charge in [0, 0.05) is 16.3 Å². The standard InChI is InChI=1S/C13H12ClN/c1-9-5-6-12(13(14)7-9)10-3-2-4-11(15)8-10/h2-8H,15H2,1H3. The molecule has 2 heteroatoms. The zero-order valence-corrected chi connectivity index (χ0v) is 9.25. The predicted octanol–water partition coefficient (Wildman–Crippen LogP) is 3.90. The molecule has 0 radical (unpaired) electrons. The van der Waals surface area contributed by atoms with Gasteiger partial charge < -0.3 is 5.73 Å². The zero-order chi connectivity index (χ0) is 10.8. The maximum absolute atomic E-state index is 6.18. The van der Waals surface area contributed by atoms with Gasteiger partial charge in [-0.25, -0.2) is 0 Å². The number of benzene rings is 2. The molecular weight excluding hydrogens is 206 g/mol. The van der Waals surface area contributed by atoms with Crippen molar-refractivity contribution < 1.29 is 0 Å². The summed E-state index contributed by atoms with van der Waals surface area (Å²) in [6.07, 6.45) is 0. The van der Waals surface area contributed by atoms with E-state index in [2.05, 4.69) is 0 Å². The van der Waals surface area contributed by atoms with Crippen LogP contribution in [0, 0.1) is 6.92 Å². The van der Waals surface area contributed by atoms with Gasteiger partial charge in [-0.2, -0.15) is 0 Å². The number of aryl methyl sites for hydroxylation is 1. The van der Waals surface area contributed by atoms with Gasteiger partial charge >= 0.3 is 0 Å². The van der Waals surface area contributed by atoms with Gasteiger partial charge in [0.1, 0.15) is 0 Å². The van der Waals surface area contributed by atoms with Crippen molar-refractivity contribution in [2.24, 2.45) is 0 Å². The Balaban J connectivity index is 2.54. The molecule has 0 fully saturated rings. The Hall–Kier alpha value is -1.47. The molecule has 0 unspecified atom stereocenters. The molecule has 2 aromatic carbocycles. The molecule has 0 atom stereocenters. The number of hydrogen-bond acceptors (Lipinski definition) is 1. The van der Waals surface area contributed by atoms with Crippen LogP contribution in [0.25, 0.3) is 11.1 Å². The van der Waals surface area contributed by atoms with Crippen LogP contribution in [-0.2, 0) is 0 Å². The molecule has 0 saturated carbocycles. The highest BCUT2D eigenvalue weighted by Gasteiger charge is 2.03. The lowest BCUT2D eigenvalue weighted by Gasteiger charge is -2.06. The molecule has 2 N–H and O–H groups in total. The third kappa shape index (κ3) is 2.13. The molecule has 0 aliphatic heterocycles. The molecule has 0 aliphatic carbocycles. The van der Waals surface area contributed by atoms with E-state index in [0.717, 1.165) is 27.4 Å². The van der Waals surface area contributed by atoms with Crippen molar-refractivity contribution in [3.05, 3.63) is 53.1 Å². The third-order valence-electron chi connectivity index (χ3n) is 2.32. The highest BCUT2D eigenvalue weighted by atomic mass is 35.5. The summed E-state index contributed by atoms with van der Waals surface area (Å²) >= 11 is 6.18.